The lowest BCUT2D eigenvalue weighted by molar-refractivity contribution is -0.128. The fourth-order valence-corrected chi connectivity index (χ4v) is 3.04. The van der Waals surface area contributed by atoms with Crippen molar-refractivity contribution in [2.75, 3.05) is 0 Å². The van der Waals surface area contributed by atoms with Crippen LogP contribution in [0.4, 0.5) is 4.39 Å². The van der Waals surface area contributed by atoms with Crippen LogP contribution in [0.5, 0.6) is 5.75 Å². The summed E-state index contributed by atoms with van der Waals surface area (Å²) in [6.45, 7) is 1.47. The molecule has 2 N–H and O–H groups in total. The fourth-order valence-electron chi connectivity index (χ4n) is 3.04. The number of ether oxygens (including phenoxy) is 1. The maximum Gasteiger partial charge on any atom is 0.279 e. The van der Waals surface area contributed by atoms with Crippen LogP contribution in [0.2, 0.25) is 0 Å². The molecule has 0 aliphatic heterocycles. The minimum absolute atomic E-state index is 0.0318. The first-order valence-corrected chi connectivity index (χ1v) is 9.44. The molecular weight excluding hydrogens is 373 g/mol. The number of hydrogen-bond donors (Lipinski definition) is 2. The minimum Gasteiger partial charge on any atom is -0.478 e. The molecular formula is C22H20FN3O3. The van der Waals surface area contributed by atoms with E-state index in [-0.39, 0.29) is 5.75 Å². The molecule has 2 aromatic carbocycles. The van der Waals surface area contributed by atoms with Crippen molar-refractivity contribution in [2.24, 2.45) is 0 Å². The number of nitrogens with one attached hydrogen (secondary N) is 2. The third kappa shape index (κ3) is 4.18. The van der Waals surface area contributed by atoms with Gasteiger partial charge in [0.25, 0.3) is 11.8 Å². The van der Waals surface area contributed by atoms with Gasteiger partial charge in [0.1, 0.15) is 0 Å². The lowest BCUT2D eigenvalue weighted by Crippen LogP contribution is -2.47. The van der Waals surface area contributed by atoms with Gasteiger partial charge < -0.3 is 4.74 Å². The highest BCUT2D eigenvalue weighted by atomic mass is 19.1. The average molecular weight is 393 g/mol. The van der Waals surface area contributed by atoms with Crippen molar-refractivity contribution in [3.63, 3.8) is 0 Å². The number of nitrogens with zero attached hydrogens (tertiary/aromatic N) is 1. The Morgan fingerprint density at radius 2 is 1.83 bits per heavy atom. The molecule has 3 aromatic rings. The summed E-state index contributed by atoms with van der Waals surface area (Å²) in [5, 5.41) is 0.708. The van der Waals surface area contributed by atoms with Crippen molar-refractivity contribution in [1.82, 2.24) is 15.8 Å². The van der Waals surface area contributed by atoms with Crippen LogP contribution in [0.25, 0.3) is 10.9 Å². The van der Waals surface area contributed by atoms with Gasteiger partial charge in [-0.25, -0.2) is 4.39 Å². The van der Waals surface area contributed by atoms with E-state index in [0.29, 0.717) is 16.9 Å². The molecule has 4 rings (SSSR count). The van der Waals surface area contributed by atoms with E-state index in [0.717, 1.165) is 24.1 Å². The molecule has 1 fully saturated rings. The molecule has 148 valence electrons. The first kappa shape index (κ1) is 18.9. The van der Waals surface area contributed by atoms with Crippen molar-refractivity contribution in [2.45, 2.75) is 31.8 Å². The quantitative estimate of drug-likeness (QED) is 0.651. The number of para-hydroxylation sites is 2. The molecule has 1 aromatic heterocycles. The predicted molar refractivity (Wildman–Crippen MR) is 106 cm³/mol. The highest BCUT2D eigenvalue weighted by Crippen LogP contribution is 2.40. The third-order valence-electron chi connectivity index (χ3n) is 4.79. The molecule has 29 heavy (non-hydrogen) atoms. The Balaban J connectivity index is 1.45. The predicted octanol–water partition coefficient (Wildman–Crippen LogP) is 3.48. The highest BCUT2D eigenvalue weighted by molar-refractivity contribution is 6.06. The third-order valence-corrected chi connectivity index (χ3v) is 4.79. The molecule has 0 radical (unpaired) electrons. The van der Waals surface area contributed by atoms with E-state index in [1.807, 2.05) is 24.3 Å². The molecule has 1 saturated carbocycles. The average Bonchev–Trinajstić information content (AvgIpc) is 3.58. The number of carbonyl (C=O) groups is 2. The molecule has 6 nitrogen and oxygen atoms in total. The molecule has 7 heteroatoms. The van der Waals surface area contributed by atoms with E-state index in [2.05, 4.69) is 15.8 Å². The summed E-state index contributed by atoms with van der Waals surface area (Å²) in [4.78, 5) is 29.6. The summed E-state index contributed by atoms with van der Waals surface area (Å²) >= 11 is 0. The lowest BCUT2D eigenvalue weighted by atomic mass is 10.1. The number of hydrazine groups is 1. The summed E-state index contributed by atoms with van der Waals surface area (Å²) in [5.74, 6) is -1.25. The maximum atomic E-state index is 13.7. The second-order valence-electron chi connectivity index (χ2n) is 7.02. The largest absolute Gasteiger partial charge is 0.478 e. The number of pyridine rings is 1. The number of aromatic nitrogens is 1. The normalized spacial score (nSPS) is 14.3. The number of fused-ring (bicyclic) bond motifs is 1. The molecule has 1 heterocycles. The van der Waals surface area contributed by atoms with Gasteiger partial charge in [-0.05, 0) is 44.0 Å². The van der Waals surface area contributed by atoms with Gasteiger partial charge in [-0.2, -0.15) is 0 Å². The van der Waals surface area contributed by atoms with Crippen molar-refractivity contribution in [3.05, 3.63) is 71.7 Å². The van der Waals surface area contributed by atoms with Gasteiger partial charge in [0.15, 0.2) is 17.7 Å². The first-order chi connectivity index (χ1) is 14.0. The molecule has 1 aliphatic rings. The Morgan fingerprint density at radius 1 is 1.10 bits per heavy atom. The van der Waals surface area contributed by atoms with Crippen LogP contribution in [0.1, 0.15) is 41.7 Å². The summed E-state index contributed by atoms with van der Waals surface area (Å²) < 4.78 is 19.0. The van der Waals surface area contributed by atoms with Gasteiger partial charge in [0.2, 0.25) is 0 Å². The standard InChI is InChI=1S/C22H20FN3O3/c1-13(29-20-9-5-3-7-17(20)23)21(27)25-26-22(28)16-12-19(14-10-11-14)24-18-8-4-2-6-15(16)18/h2-9,12-14H,10-11H2,1H3,(H,25,27)(H,26,28)/t13-/m1/s1. The van der Waals surface area contributed by atoms with Gasteiger partial charge in [-0.3, -0.25) is 25.4 Å². The van der Waals surface area contributed by atoms with E-state index < -0.39 is 23.7 Å². The molecule has 0 saturated heterocycles. The van der Waals surface area contributed by atoms with E-state index in [9.17, 15) is 14.0 Å². The smallest absolute Gasteiger partial charge is 0.279 e. The van der Waals surface area contributed by atoms with Gasteiger partial charge in [-0.1, -0.05) is 30.3 Å². The van der Waals surface area contributed by atoms with E-state index in [4.69, 9.17) is 4.74 Å². The summed E-state index contributed by atoms with van der Waals surface area (Å²) in [5.41, 5.74) is 6.83. The second-order valence-corrected chi connectivity index (χ2v) is 7.02. The van der Waals surface area contributed by atoms with E-state index >= 15 is 0 Å². The van der Waals surface area contributed by atoms with Gasteiger partial charge in [0, 0.05) is 17.0 Å². The van der Waals surface area contributed by atoms with Gasteiger partial charge >= 0.3 is 0 Å². The summed E-state index contributed by atoms with van der Waals surface area (Å²) in [7, 11) is 0. The van der Waals surface area contributed by atoms with Crippen LogP contribution in [0.15, 0.2) is 54.6 Å². The Kier molecular flexibility index (Phi) is 5.12. The summed E-state index contributed by atoms with van der Waals surface area (Å²) in [6, 6.07) is 15.0. The van der Waals surface area contributed by atoms with Crippen LogP contribution in [-0.4, -0.2) is 22.9 Å². The number of hydrogen-bond acceptors (Lipinski definition) is 4. The monoisotopic (exact) mass is 393 g/mol. The Bertz CT molecular complexity index is 1080. The van der Waals surface area contributed by atoms with Crippen molar-refractivity contribution in [3.8, 4) is 5.75 Å². The Labute approximate surface area is 167 Å². The van der Waals surface area contributed by atoms with E-state index in [1.54, 1.807) is 12.1 Å². The number of rotatable bonds is 5. The first-order valence-electron chi connectivity index (χ1n) is 9.44. The van der Waals surface area contributed by atoms with Crippen molar-refractivity contribution >= 4 is 22.7 Å². The van der Waals surface area contributed by atoms with Crippen LogP contribution in [0, 0.1) is 5.82 Å². The highest BCUT2D eigenvalue weighted by Gasteiger charge is 2.27. The SMILES string of the molecule is C[C@@H](Oc1ccccc1F)C(=O)NNC(=O)c1cc(C2CC2)nc2ccccc12. The van der Waals surface area contributed by atoms with Crippen molar-refractivity contribution < 1.29 is 18.7 Å². The fraction of sp³-hybridized carbons (Fsp3) is 0.227. The topological polar surface area (TPSA) is 80.3 Å². The number of amides is 2. The lowest BCUT2D eigenvalue weighted by Gasteiger charge is -2.16. The van der Waals surface area contributed by atoms with Crippen LogP contribution in [-0.2, 0) is 4.79 Å². The molecule has 0 unspecified atom stereocenters. The van der Waals surface area contributed by atoms with E-state index in [1.165, 1.54) is 25.1 Å². The zero-order valence-corrected chi connectivity index (χ0v) is 15.8. The summed E-state index contributed by atoms with van der Waals surface area (Å²) in [6.07, 6.45) is 1.13. The number of carbonyl (C=O) groups excluding carboxylic acids is 2. The van der Waals surface area contributed by atoms with Crippen LogP contribution in [0.3, 0.4) is 0 Å². The molecule has 2 amide bonds. The number of halogens is 1. The zero-order chi connectivity index (χ0) is 20.4. The van der Waals surface area contributed by atoms with Crippen LogP contribution >= 0.6 is 0 Å². The minimum atomic E-state index is -0.997. The molecule has 1 aliphatic carbocycles. The molecule has 1 atom stereocenters. The Morgan fingerprint density at radius 3 is 2.59 bits per heavy atom. The molecule has 0 bridgehead atoms. The Hall–Kier alpha value is -3.48. The van der Waals surface area contributed by atoms with Gasteiger partial charge in [0.05, 0.1) is 11.1 Å². The van der Waals surface area contributed by atoms with Gasteiger partial charge in [-0.15, -0.1) is 0 Å². The zero-order valence-electron chi connectivity index (χ0n) is 15.8. The van der Waals surface area contributed by atoms with Crippen LogP contribution < -0.4 is 15.6 Å². The maximum absolute atomic E-state index is 13.7. The second kappa shape index (κ2) is 7.87. The molecule has 0 spiro atoms. The van der Waals surface area contributed by atoms with Crippen molar-refractivity contribution in [1.29, 1.82) is 0 Å². The number of benzene rings is 2.